The molecule has 0 radical (unpaired) electrons. The summed E-state index contributed by atoms with van der Waals surface area (Å²) in [5.74, 6) is -10.6. The van der Waals surface area contributed by atoms with E-state index in [1.807, 2.05) is 0 Å². The van der Waals surface area contributed by atoms with Crippen molar-refractivity contribution in [2.45, 2.75) is 94.4 Å². The molecule has 0 spiro atoms. The minimum atomic E-state index is -1.81. The maximum Gasteiger partial charge on any atom is 0.305 e. The fourth-order valence-corrected chi connectivity index (χ4v) is 5.69. The fraction of sp³-hybridized carbons (Fsp3) is 0.486. The number of carboxylic acids is 4. The third kappa shape index (κ3) is 19.5. The van der Waals surface area contributed by atoms with Crippen molar-refractivity contribution in [3.05, 3.63) is 35.9 Å². The summed E-state index contributed by atoms with van der Waals surface area (Å²) in [6.07, 6.45) is 2.16. The number of hydrogen-bond donors (Lipinski definition) is 9. The van der Waals surface area contributed by atoms with Crippen molar-refractivity contribution < 1.29 is 73.2 Å². The van der Waals surface area contributed by atoms with Crippen molar-refractivity contribution in [2.24, 2.45) is 5.92 Å². The highest BCUT2D eigenvalue weighted by Gasteiger charge is 2.34. The number of benzene rings is 1. The van der Waals surface area contributed by atoms with E-state index in [1.165, 1.54) is 11.8 Å². The number of carboxylic acid groups (broad SMARTS) is 4. The molecule has 0 aromatic heterocycles. The van der Waals surface area contributed by atoms with Crippen LogP contribution in [-0.4, -0.2) is 128 Å². The summed E-state index contributed by atoms with van der Waals surface area (Å²) in [6.45, 7) is 0. The number of aldehydes is 1. The van der Waals surface area contributed by atoms with Crippen LogP contribution in [0.1, 0.15) is 63.4 Å². The van der Waals surface area contributed by atoms with Crippen molar-refractivity contribution in [1.82, 2.24) is 26.6 Å². The lowest BCUT2D eigenvalue weighted by atomic mass is 9.93. The van der Waals surface area contributed by atoms with E-state index in [0.717, 1.165) is 0 Å². The number of carbonyl (C=O) groups excluding carboxylic acids is 7. The molecule has 0 saturated heterocycles. The average molecular weight is 834 g/mol. The number of rotatable bonds is 29. The molecule has 0 unspecified atom stereocenters. The molecule has 1 aromatic carbocycles. The molecule has 58 heavy (non-hydrogen) atoms. The number of Topliss-reactive ketones (excluding diaryl/α,β-unsaturated/α-hetero) is 1. The largest absolute Gasteiger partial charge is 0.481 e. The van der Waals surface area contributed by atoms with E-state index < -0.39 is 140 Å². The van der Waals surface area contributed by atoms with Crippen molar-refractivity contribution in [3.63, 3.8) is 0 Å². The zero-order chi connectivity index (χ0) is 43.8. The Balaban J connectivity index is 3.46. The number of terminal acetylenes is 1. The van der Waals surface area contributed by atoms with Gasteiger partial charge in [0.05, 0.1) is 24.8 Å². The van der Waals surface area contributed by atoms with Crippen LogP contribution in [0.3, 0.4) is 0 Å². The Morgan fingerprint density at radius 3 is 1.62 bits per heavy atom. The average Bonchev–Trinajstić information content (AvgIpc) is 3.16. The summed E-state index contributed by atoms with van der Waals surface area (Å²) in [5, 5.41) is 48.4. The Morgan fingerprint density at radius 1 is 0.638 bits per heavy atom. The second kappa shape index (κ2) is 26.5. The summed E-state index contributed by atoms with van der Waals surface area (Å²) >= 11 is 1.27. The number of ketones is 1. The van der Waals surface area contributed by atoms with Gasteiger partial charge >= 0.3 is 23.9 Å². The first kappa shape index (κ1) is 49.7. The first-order valence-corrected chi connectivity index (χ1v) is 19.1. The van der Waals surface area contributed by atoms with Gasteiger partial charge < -0.3 is 51.8 Å². The zero-order valence-corrected chi connectivity index (χ0v) is 32.3. The summed E-state index contributed by atoms with van der Waals surface area (Å²) in [7, 11) is 0. The van der Waals surface area contributed by atoms with E-state index in [4.69, 9.17) is 11.5 Å². The van der Waals surface area contributed by atoms with Crippen molar-refractivity contribution in [3.8, 4) is 12.3 Å². The molecule has 316 valence electrons. The maximum atomic E-state index is 13.9. The molecule has 9 N–H and O–H groups in total. The second-order valence-corrected chi connectivity index (χ2v) is 13.7. The van der Waals surface area contributed by atoms with Crippen LogP contribution in [0, 0.1) is 18.3 Å². The predicted molar refractivity (Wildman–Crippen MR) is 204 cm³/mol. The first-order chi connectivity index (χ1) is 27.4. The van der Waals surface area contributed by atoms with Crippen LogP contribution in [0.2, 0.25) is 0 Å². The molecule has 0 aliphatic carbocycles. The van der Waals surface area contributed by atoms with Gasteiger partial charge in [-0.1, -0.05) is 30.3 Å². The van der Waals surface area contributed by atoms with Crippen LogP contribution in [0.5, 0.6) is 0 Å². The van der Waals surface area contributed by atoms with Gasteiger partial charge in [0, 0.05) is 32.1 Å². The van der Waals surface area contributed by atoms with Crippen LogP contribution < -0.4 is 26.6 Å². The van der Waals surface area contributed by atoms with Crippen LogP contribution in [0.25, 0.3) is 0 Å². The van der Waals surface area contributed by atoms with E-state index in [1.54, 1.807) is 36.6 Å². The Bertz CT molecular complexity index is 1700. The zero-order valence-electron chi connectivity index (χ0n) is 31.5. The van der Waals surface area contributed by atoms with Crippen molar-refractivity contribution >= 4 is 77.2 Å². The maximum absolute atomic E-state index is 13.9. The molecule has 6 atom stereocenters. The van der Waals surface area contributed by atoms with E-state index in [9.17, 15) is 68.1 Å². The van der Waals surface area contributed by atoms with Crippen LogP contribution >= 0.6 is 11.8 Å². The molecule has 1 aromatic rings. The highest BCUT2D eigenvalue weighted by atomic mass is 32.2. The number of hydrogen-bond acceptors (Lipinski definition) is 12. The van der Waals surface area contributed by atoms with Crippen LogP contribution in [0.4, 0.5) is 0 Å². The fourth-order valence-electron chi connectivity index (χ4n) is 5.21. The minimum absolute atomic E-state index is 0.0773. The molecule has 0 aliphatic heterocycles. The standard InChI is InChI=1S/C37H47N5O15S/c1-3-7-22(20-43)33(53)23(10-13-29(45)46)39-36(56)26(18-21-8-5-4-6-9-21)42-35(55)25(16-17-58-2)41-34(54)24(11-14-30(47)48)40-37(57)27(19-32(51)52)38-28(44)12-15-31(49)50/h1,4-6,8-9,20,22-27H,7,10-19H2,2H3,(H,38,44)(H,39,56)(H,40,57)(H,41,54)(H,42,55)(H,45,46)(H,47,48)(H,49,50)(H,51,52)/t22-,23-,24-,25-,26+,27-/m0/s1. The monoisotopic (exact) mass is 833 g/mol. The molecule has 1 rings (SSSR count). The topological polar surface area (TPSA) is 329 Å². The van der Waals surface area contributed by atoms with Crippen molar-refractivity contribution in [1.29, 1.82) is 0 Å². The van der Waals surface area contributed by atoms with Gasteiger partial charge in [-0.2, -0.15) is 11.8 Å². The summed E-state index contributed by atoms with van der Waals surface area (Å²) in [6, 6.07) is 0.311. The number of nitrogens with one attached hydrogen (secondary N) is 5. The lowest BCUT2D eigenvalue weighted by Crippen LogP contribution is -2.59. The molecular formula is C37H47N5O15S. The SMILES string of the molecule is C#CC[C@@H](C=O)C(=O)[C@H](CCC(=O)O)NC(=O)[C@@H](Cc1ccccc1)NC(=O)[C@H](CCSC)NC(=O)[C@H](CCC(=O)O)NC(=O)[C@H](CC(=O)O)NC(=O)CCC(=O)O. The molecular weight excluding hydrogens is 786 g/mol. The van der Waals surface area contributed by atoms with Gasteiger partial charge in [-0.3, -0.25) is 47.9 Å². The van der Waals surface area contributed by atoms with Gasteiger partial charge in [0.25, 0.3) is 0 Å². The van der Waals surface area contributed by atoms with Crippen LogP contribution in [0.15, 0.2) is 30.3 Å². The lowest BCUT2D eigenvalue weighted by Gasteiger charge is -2.27. The van der Waals surface area contributed by atoms with Crippen molar-refractivity contribution in [2.75, 3.05) is 12.0 Å². The van der Waals surface area contributed by atoms with Gasteiger partial charge in [-0.15, -0.1) is 12.3 Å². The number of thioether (sulfide) groups is 1. The summed E-state index contributed by atoms with van der Waals surface area (Å²) in [5.41, 5.74) is 0.529. The number of aliphatic carboxylic acids is 4. The van der Waals surface area contributed by atoms with Gasteiger partial charge in [-0.05, 0) is 36.8 Å². The summed E-state index contributed by atoms with van der Waals surface area (Å²) < 4.78 is 0. The Hall–Kier alpha value is -6.30. The van der Waals surface area contributed by atoms with Gasteiger partial charge in [-0.25, -0.2) is 0 Å². The highest BCUT2D eigenvalue weighted by molar-refractivity contribution is 7.98. The van der Waals surface area contributed by atoms with E-state index >= 15 is 0 Å². The Morgan fingerprint density at radius 2 is 1.12 bits per heavy atom. The Kier molecular flexibility index (Phi) is 22.7. The third-order valence-corrected chi connectivity index (χ3v) is 8.85. The quantitative estimate of drug-likeness (QED) is 0.0262. The molecule has 5 amide bonds. The molecule has 0 aliphatic rings. The van der Waals surface area contributed by atoms with Gasteiger partial charge in [0.1, 0.15) is 30.5 Å². The summed E-state index contributed by atoms with van der Waals surface area (Å²) in [4.78, 5) is 137. The number of carbonyl (C=O) groups is 11. The lowest BCUT2D eigenvalue weighted by molar-refractivity contribution is -0.142. The van der Waals surface area contributed by atoms with E-state index in [2.05, 4.69) is 32.5 Å². The molecule has 20 nitrogen and oxygen atoms in total. The minimum Gasteiger partial charge on any atom is -0.481 e. The molecule has 0 heterocycles. The van der Waals surface area contributed by atoms with Gasteiger partial charge in [0.2, 0.25) is 29.5 Å². The Labute approximate surface area is 337 Å². The molecule has 0 bridgehead atoms. The highest BCUT2D eigenvalue weighted by Crippen LogP contribution is 2.12. The smallest absolute Gasteiger partial charge is 0.305 e. The molecule has 0 saturated carbocycles. The normalized spacial score (nSPS) is 13.7. The predicted octanol–water partition coefficient (Wildman–Crippen LogP) is -1.12. The van der Waals surface area contributed by atoms with E-state index in [0.29, 0.717) is 5.56 Å². The van der Waals surface area contributed by atoms with Crippen LogP contribution in [-0.2, 0) is 59.2 Å². The molecule has 21 heteroatoms. The third-order valence-electron chi connectivity index (χ3n) is 8.21. The van der Waals surface area contributed by atoms with E-state index in [-0.39, 0.29) is 31.3 Å². The first-order valence-electron chi connectivity index (χ1n) is 17.8. The number of amides is 5. The van der Waals surface area contributed by atoms with Gasteiger partial charge in [0.15, 0.2) is 5.78 Å². The molecule has 0 fully saturated rings. The second-order valence-electron chi connectivity index (χ2n) is 12.7.